The minimum absolute atomic E-state index is 0.747. The van der Waals surface area contributed by atoms with Crippen LogP contribution in [-0.2, 0) is 0 Å². The molecule has 1 N–H and O–H groups in total. The SMILES string of the molecule is COc1cccc2c1NCCC2C1CCCCC1. The van der Waals surface area contributed by atoms with Crippen molar-refractivity contribution >= 4 is 5.69 Å². The Balaban J connectivity index is 1.91. The summed E-state index contributed by atoms with van der Waals surface area (Å²) in [4.78, 5) is 0. The molecule has 1 unspecified atom stereocenters. The van der Waals surface area contributed by atoms with Crippen LogP contribution in [0.2, 0.25) is 0 Å². The average molecular weight is 245 g/mol. The molecule has 1 atom stereocenters. The predicted octanol–water partition coefficient (Wildman–Crippen LogP) is 4.17. The number of anilines is 1. The molecule has 1 aliphatic carbocycles. The molecule has 0 aromatic heterocycles. The third-order valence-corrected chi connectivity index (χ3v) is 4.65. The fraction of sp³-hybridized carbons (Fsp3) is 0.625. The van der Waals surface area contributed by atoms with Gasteiger partial charge in [-0.2, -0.15) is 0 Å². The van der Waals surface area contributed by atoms with E-state index in [2.05, 4.69) is 23.5 Å². The molecule has 0 spiro atoms. The lowest BCUT2D eigenvalue weighted by Gasteiger charge is -2.35. The Hall–Kier alpha value is -1.18. The second kappa shape index (κ2) is 5.21. The van der Waals surface area contributed by atoms with Gasteiger partial charge < -0.3 is 10.1 Å². The van der Waals surface area contributed by atoms with Crippen molar-refractivity contribution in [3.63, 3.8) is 0 Å². The summed E-state index contributed by atoms with van der Waals surface area (Å²) < 4.78 is 5.49. The summed E-state index contributed by atoms with van der Waals surface area (Å²) in [6.07, 6.45) is 8.40. The van der Waals surface area contributed by atoms with E-state index in [-0.39, 0.29) is 0 Å². The maximum Gasteiger partial charge on any atom is 0.142 e. The normalized spacial score (nSPS) is 24.2. The van der Waals surface area contributed by atoms with E-state index in [0.717, 1.165) is 24.1 Å². The summed E-state index contributed by atoms with van der Waals surface area (Å²) in [5, 5.41) is 3.53. The van der Waals surface area contributed by atoms with Crippen LogP contribution in [0.25, 0.3) is 0 Å². The second-order valence-corrected chi connectivity index (χ2v) is 5.64. The zero-order valence-electron chi connectivity index (χ0n) is 11.2. The van der Waals surface area contributed by atoms with Crippen LogP contribution in [0.1, 0.15) is 50.0 Å². The van der Waals surface area contributed by atoms with E-state index in [1.807, 2.05) is 0 Å². The van der Waals surface area contributed by atoms with Gasteiger partial charge in [0.1, 0.15) is 5.75 Å². The van der Waals surface area contributed by atoms with Crippen LogP contribution in [0.3, 0.4) is 0 Å². The Morgan fingerprint density at radius 1 is 1.11 bits per heavy atom. The Morgan fingerprint density at radius 3 is 2.72 bits per heavy atom. The minimum atomic E-state index is 0.747. The highest BCUT2D eigenvalue weighted by molar-refractivity contribution is 5.64. The van der Waals surface area contributed by atoms with Crippen LogP contribution >= 0.6 is 0 Å². The quantitative estimate of drug-likeness (QED) is 0.844. The summed E-state index contributed by atoms with van der Waals surface area (Å²) in [5.41, 5.74) is 2.74. The van der Waals surface area contributed by atoms with Gasteiger partial charge in [0.05, 0.1) is 12.8 Å². The number of methoxy groups -OCH3 is 1. The van der Waals surface area contributed by atoms with Crippen molar-refractivity contribution in [2.45, 2.75) is 44.4 Å². The molecule has 1 heterocycles. The lowest BCUT2D eigenvalue weighted by atomic mass is 9.74. The number of fused-ring (bicyclic) bond motifs is 1. The number of benzene rings is 1. The maximum atomic E-state index is 5.49. The van der Waals surface area contributed by atoms with Crippen molar-refractivity contribution in [2.75, 3.05) is 19.0 Å². The van der Waals surface area contributed by atoms with E-state index < -0.39 is 0 Å². The largest absolute Gasteiger partial charge is 0.495 e. The molecule has 18 heavy (non-hydrogen) atoms. The smallest absolute Gasteiger partial charge is 0.142 e. The zero-order chi connectivity index (χ0) is 12.4. The third-order valence-electron chi connectivity index (χ3n) is 4.65. The number of ether oxygens (including phenoxy) is 1. The van der Waals surface area contributed by atoms with E-state index in [9.17, 15) is 0 Å². The van der Waals surface area contributed by atoms with Gasteiger partial charge in [-0.3, -0.25) is 0 Å². The first-order valence-electron chi connectivity index (χ1n) is 7.31. The van der Waals surface area contributed by atoms with Crippen LogP contribution in [0.15, 0.2) is 18.2 Å². The molecule has 0 radical (unpaired) electrons. The van der Waals surface area contributed by atoms with Crippen LogP contribution in [-0.4, -0.2) is 13.7 Å². The summed E-state index contributed by atoms with van der Waals surface area (Å²) in [5.74, 6) is 2.65. The monoisotopic (exact) mass is 245 g/mol. The first kappa shape index (κ1) is 11.9. The van der Waals surface area contributed by atoms with Crippen molar-refractivity contribution < 1.29 is 4.74 Å². The third kappa shape index (κ3) is 2.09. The van der Waals surface area contributed by atoms with Crippen LogP contribution in [0, 0.1) is 5.92 Å². The van der Waals surface area contributed by atoms with E-state index >= 15 is 0 Å². The summed E-state index contributed by atoms with van der Waals surface area (Å²) in [6.45, 7) is 1.09. The Morgan fingerprint density at radius 2 is 1.94 bits per heavy atom. The van der Waals surface area contributed by atoms with Crippen molar-refractivity contribution in [3.8, 4) is 5.75 Å². The molecule has 2 aliphatic rings. The van der Waals surface area contributed by atoms with Crippen LogP contribution < -0.4 is 10.1 Å². The molecule has 1 aliphatic heterocycles. The fourth-order valence-corrected chi connectivity index (χ4v) is 3.75. The summed E-state index contributed by atoms with van der Waals surface area (Å²) in [6, 6.07) is 6.50. The van der Waals surface area contributed by atoms with Gasteiger partial charge in [0.15, 0.2) is 0 Å². The Kier molecular flexibility index (Phi) is 3.44. The molecule has 0 bridgehead atoms. The maximum absolute atomic E-state index is 5.49. The molecule has 2 nitrogen and oxygen atoms in total. The van der Waals surface area contributed by atoms with Gasteiger partial charge in [0, 0.05) is 6.54 Å². The van der Waals surface area contributed by atoms with Crippen molar-refractivity contribution in [3.05, 3.63) is 23.8 Å². The number of rotatable bonds is 2. The molecule has 98 valence electrons. The molecule has 1 fully saturated rings. The van der Waals surface area contributed by atoms with Crippen LogP contribution in [0.4, 0.5) is 5.69 Å². The van der Waals surface area contributed by atoms with Gasteiger partial charge in [-0.05, 0) is 42.7 Å². The van der Waals surface area contributed by atoms with Gasteiger partial charge >= 0.3 is 0 Å². The molecule has 1 aromatic rings. The molecule has 3 rings (SSSR count). The topological polar surface area (TPSA) is 21.3 Å². The number of hydrogen-bond acceptors (Lipinski definition) is 2. The number of para-hydroxylation sites is 1. The van der Waals surface area contributed by atoms with Crippen molar-refractivity contribution in [1.29, 1.82) is 0 Å². The highest BCUT2D eigenvalue weighted by Crippen LogP contribution is 2.45. The highest BCUT2D eigenvalue weighted by atomic mass is 16.5. The summed E-state index contributed by atoms with van der Waals surface area (Å²) >= 11 is 0. The van der Waals surface area contributed by atoms with E-state index in [1.54, 1.807) is 7.11 Å². The first-order valence-corrected chi connectivity index (χ1v) is 7.31. The highest BCUT2D eigenvalue weighted by Gasteiger charge is 2.30. The average Bonchev–Trinajstić information content (AvgIpc) is 2.47. The Bertz CT molecular complexity index is 410. The molecule has 0 saturated heterocycles. The first-order chi connectivity index (χ1) is 8.90. The van der Waals surface area contributed by atoms with Gasteiger partial charge in [0.2, 0.25) is 0 Å². The van der Waals surface area contributed by atoms with Gasteiger partial charge in [-0.25, -0.2) is 0 Å². The van der Waals surface area contributed by atoms with Crippen LogP contribution in [0.5, 0.6) is 5.75 Å². The van der Waals surface area contributed by atoms with E-state index in [1.165, 1.54) is 49.8 Å². The summed E-state index contributed by atoms with van der Waals surface area (Å²) in [7, 11) is 1.77. The van der Waals surface area contributed by atoms with Gasteiger partial charge in [0.25, 0.3) is 0 Å². The zero-order valence-corrected chi connectivity index (χ0v) is 11.2. The predicted molar refractivity (Wildman–Crippen MR) is 75.4 cm³/mol. The number of nitrogens with one attached hydrogen (secondary N) is 1. The number of hydrogen-bond donors (Lipinski definition) is 1. The molecule has 2 heteroatoms. The van der Waals surface area contributed by atoms with Gasteiger partial charge in [-0.15, -0.1) is 0 Å². The van der Waals surface area contributed by atoms with Crippen molar-refractivity contribution in [1.82, 2.24) is 0 Å². The van der Waals surface area contributed by atoms with Gasteiger partial charge in [-0.1, -0.05) is 31.4 Å². The Labute approximate surface area is 110 Å². The molecule has 1 saturated carbocycles. The lowest BCUT2D eigenvalue weighted by molar-refractivity contribution is 0.293. The standard InChI is InChI=1S/C16H23NO/c1-18-15-9-5-8-14-13(10-11-17-16(14)15)12-6-3-2-4-7-12/h5,8-9,12-13,17H,2-4,6-7,10-11H2,1H3. The van der Waals surface area contributed by atoms with Crippen molar-refractivity contribution in [2.24, 2.45) is 5.92 Å². The molecular weight excluding hydrogens is 222 g/mol. The van der Waals surface area contributed by atoms with E-state index in [0.29, 0.717) is 0 Å². The molecular formula is C16H23NO. The second-order valence-electron chi connectivity index (χ2n) is 5.64. The molecule has 0 amide bonds. The van der Waals surface area contributed by atoms with E-state index in [4.69, 9.17) is 4.74 Å². The fourth-order valence-electron chi connectivity index (χ4n) is 3.75. The minimum Gasteiger partial charge on any atom is -0.495 e. The lowest BCUT2D eigenvalue weighted by Crippen LogP contribution is -2.24. The molecule has 1 aromatic carbocycles.